The zero-order chi connectivity index (χ0) is 16.4. The average Bonchev–Trinajstić information content (AvgIpc) is 3.30. The summed E-state index contributed by atoms with van der Waals surface area (Å²) in [5.74, 6) is 1.50. The summed E-state index contributed by atoms with van der Waals surface area (Å²) in [6.07, 6.45) is 3.51. The topological polar surface area (TPSA) is 65.6 Å². The van der Waals surface area contributed by atoms with Gasteiger partial charge in [0.15, 0.2) is 0 Å². The minimum Gasteiger partial charge on any atom is -0.396 e. The van der Waals surface area contributed by atoms with Crippen LogP contribution in [0.4, 0.5) is 6.01 Å². The van der Waals surface area contributed by atoms with Gasteiger partial charge in [0.05, 0.1) is 0 Å². The molecule has 0 radical (unpaired) electrons. The molecule has 24 heavy (non-hydrogen) atoms. The SMILES string of the molecule is OCC[C@H]1CN(c2nc(-c3ccccc3)no2)CCN1CC1CC1. The van der Waals surface area contributed by atoms with E-state index in [2.05, 4.69) is 19.9 Å². The van der Waals surface area contributed by atoms with Crippen LogP contribution in [0.5, 0.6) is 0 Å². The number of benzene rings is 1. The van der Waals surface area contributed by atoms with Crippen molar-refractivity contribution in [3.63, 3.8) is 0 Å². The first-order valence-electron chi connectivity index (χ1n) is 8.82. The van der Waals surface area contributed by atoms with Gasteiger partial charge in [0.25, 0.3) is 0 Å². The highest BCUT2D eigenvalue weighted by Gasteiger charge is 2.33. The van der Waals surface area contributed by atoms with Gasteiger partial charge < -0.3 is 14.5 Å². The molecule has 1 N–H and O–H groups in total. The summed E-state index contributed by atoms with van der Waals surface area (Å²) in [6, 6.07) is 10.8. The molecule has 4 rings (SSSR count). The lowest BCUT2D eigenvalue weighted by Gasteiger charge is -2.40. The van der Waals surface area contributed by atoms with Crippen molar-refractivity contribution in [2.24, 2.45) is 5.92 Å². The highest BCUT2D eigenvalue weighted by molar-refractivity contribution is 5.55. The first-order chi connectivity index (χ1) is 11.8. The van der Waals surface area contributed by atoms with Crippen LogP contribution in [0, 0.1) is 5.92 Å². The smallest absolute Gasteiger partial charge is 0.324 e. The monoisotopic (exact) mass is 328 g/mol. The molecule has 2 fully saturated rings. The van der Waals surface area contributed by atoms with Crippen molar-refractivity contribution in [2.75, 3.05) is 37.7 Å². The lowest BCUT2D eigenvalue weighted by atomic mass is 10.1. The standard InChI is InChI=1S/C18H24N4O2/c23-11-8-16-13-22(10-9-21(16)12-14-6-7-14)18-19-17(20-24-18)15-4-2-1-3-5-15/h1-5,14,16,23H,6-13H2/t16-/m0/s1. The Morgan fingerprint density at radius 2 is 2.00 bits per heavy atom. The molecule has 2 heterocycles. The molecule has 2 aromatic rings. The van der Waals surface area contributed by atoms with Crippen molar-refractivity contribution >= 4 is 6.01 Å². The third kappa shape index (κ3) is 3.44. The molecule has 1 aromatic carbocycles. The first kappa shape index (κ1) is 15.6. The van der Waals surface area contributed by atoms with Crippen molar-refractivity contribution in [3.05, 3.63) is 30.3 Å². The van der Waals surface area contributed by atoms with Crippen molar-refractivity contribution in [1.29, 1.82) is 0 Å². The van der Waals surface area contributed by atoms with E-state index in [1.165, 1.54) is 12.8 Å². The zero-order valence-corrected chi connectivity index (χ0v) is 13.8. The third-order valence-electron chi connectivity index (χ3n) is 4.97. The molecule has 128 valence electrons. The second kappa shape index (κ2) is 6.91. The number of hydrogen-bond acceptors (Lipinski definition) is 6. The normalized spacial score (nSPS) is 22.0. The molecule has 2 aliphatic rings. The lowest BCUT2D eigenvalue weighted by molar-refractivity contribution is 0.134. The van der Waals surface area contributed by atoms with E-state index in [1.807, 2.05) is 30.3 Å². The van der Waals surface area contributed by atoms with E-state index in [1.54, 1.807) is 0 Å². The molecule has 0 unspecified atom stereocenters. The average molecular weight is 328 g/mol. The van der Waals surface area contributed by atoms with Crippen molar-refractivity contribution in [3.8, 4) is 11.4 Å². The van der Waals surface area contributed by atoms with Crippen LogP contribution in [0.15, 0.2) is 34.9 Å². The minimum atomic E-state index is 0.221. The maximum Gasteiger partial charge on any atom is 0.324 e. The lowest BCUT2D eigenvalue weighted by Crippen LogP contribution is -2.54. The number of rotatable bonds is 6. The second-order valence-corrected chi connectivity index (χ2v) is 6.82. The molecule has 0 bridgehead atoms. The highest BCUT2D eigenvalue weighted by atomic mass is 16.5. The third-order valence-corrected chi connectivity index (χ3v) is 4.97. The van der Waals surface area contributed by atoms with Gasteiger partial charge in [-0.2, -0.15) is 4.98 Å². The molecule has 1 saturated carbocycles. The molecule has 1 aliphatic carbocycles. The van der Waals surface area contributed by atoms with Gasteiger partial charge in [-0.25, -0.2) is 0 Å². The van der Waals surface area contributed by atoms with Crippen LogP contribution in [0.25, 0.3) is 11.4 Å². The molecule has 1 aromatic heterocycles. The fourth-order valence-corrected chi connectivity index (χ4v) is 3.41. The number of aliphatic hydroxyl groups is 1. The van der Waals surface area contributed by atoms with Crippen LogP contribution in [-0.4, -0.2) is 59.0 Å². The summed E-state index contributed by atoms with van der Waals surface area (Å²) in [6.45, 7) is 4.11. The van der Waals surface area contributed by atoms with E-state index in [9.17, 15) is 5.11 Å². The summed E-state index contributed by atoms with van der Waals surface area (Å²) < 4.78 is 5.50. The second-order valence-electron chi connectivity index (χ2n) is 6.82. The van der Waals surface area contributed by atoms with Gasteiger partial charge in [0.2, 0.25) is 5.82 Å². The van der Waals surface area contributed by atoms with Gasteiger partial charge in [0.1, 0.15) is 0 Å². The Morgan fingerprint density at radius 1 is 1.17 bits per heavy atom. The van der Waals surface area contributed by atoms with Gasteiger partial charge >= 0.3 is 6.01 Å². The fraction of sp³-hybridized carbons (Fsp3) is 0.556. The van der Waals surface area contributed by atoms with Gasteiger partial charge in [-0.05, 0) is 25.2 Å². The summed E-state index contributed by atoms with van der Waals surface area (Å²) in [5, 5.41) is 13.5. The van der Waals surface area contributed by atoms with Crippen LogP contribution in [0.3, 0.4) is 0 Å². The summed E-state index contributed by atoms with van der Waals surface area (Å²) in [4.78, 5) is 9.25. The molecule has 1 saturated heterocycles. The van der Waals surface area contributed by atoms with Crippen LogP contribution in [0.1, 0.15) is 19.3 Å². The molecular weight excluding hydrogens is 304 g/mol. The Balaban J connectivity index is 1.45. The predicted octanol–water partition coefficient (Wildman–Crippen LogP) is 2.02. The number of anilines is 1. The zero-order valence-electron chi connectivity index (χ0n) is 13.8. The van der Waals surface area contributed by atoms with E-state index in [-0.39, 0.29) is 6.61 Å². The molecule has 0 spiro atoms. The Kier molecular flexibility index (Phi) is 4.49. The van der Waals surface area contributed by atoms with Crippen LogP contribution < -0.4 is 4.90 Å². The number of piperazine rings is 1. The molecule has 0 amide bonds. The largest absolute Gasteiger partial charge is 0.396 e. The van der Waals surface area contributed by atoms with Crippen molar-refractivity contribution < 1.29 is 9.63 Å². The van der Waals surface area contributed by atoms with E-state index in [0.717, 1.165) is 44.1 Å². The van der Waals surface area contributed by atoms with Crippen LogP contribution in [0.2, 0.25) is 0 Å². The van der Waals surface area contributed by atoms with Gasteiger partial charge in [-0.15, -0.1) is 0 Å². The van der Waals surface area contributed by atoms with Gasteiger partial charge in [-0.1, -0.05) is 35.5 Å². The summed E-state index contributed by atoms with van der Waals surface area (Å²) in [5.41, 5.74) is 0.965. The molecule has 1 atom stereocenters. The number of hydrogen-bond donors (Lipinski definition) is 1. The van der Waals surface area contributed by atoms with E-state index in [0.29, 0.717) is 17.9 Å². The van der Waals surface area contributed by atoms with Crippen LogP contribution in [-0.2, 0) is 0 Å². The Morgan fingerprint density at radius 3 is 2.75 bits per heavy atom. The van der Waals surface area contributed by atoms with Crippen LogP contribution >= 0.6 is 0 Å². The Hall–Kier alpha value is -1.92. The number of aliphatic hydroxyl groups excluding tert-OH is 1. The van der Waals surface area contributed by atoms with Crippen molar-refractivity contribution in [1.82, 2.24) is 15.0 Å². The summed E-state index contributed by atoms with van der Waals surface area (Å²) >= 11 is 0. The Bertz CT molecular complexity index is 656. The van der Waals surface area contributed by atoms with E-state index in [4.69, 9.17) is 4.52 Å². The predicted molar refractivity (Wildman–Crippen MR) is 91.7 cm³/mol. The first-order valence-corrected chi connectivity index (χ1v) is 8.82. The Labute approximate surface area is 142 Å². The maximum absolute atomic E-state index is 9.40. The van der Waals surface area contributed by atoms with Gasteiger partial charge in [0, 0.05) is 44.4 Å². The van der Waals surface area contributed by atoms with Crippen molar-refractivity contribution in [2.45, 2.75) is 25.3 Å². The molecule has 1 aliphatic heterocycles. The molecule has 6 nitrogen and oxygen atoms in total. The molecule has 6 heteroatoms. The minimum absolute atomic E-state index is 0.221. The van der Waals surface area contributed by atoms with Gasteiger partial charge in [-0.3, -0.25) is 4.90 Å². The number of nitrogens with zero attached hydrogens (tertiary/aromatic N) is 4. The van der Waals surface area contributed by atoms with E-state index < -0.39 is 0 Å². The quantitative estimate of drug-likeness (QED) is 0.875. The van der Waals surface area contributed by atoms with E-state index >= 15 is 0 Å². The maximum atomic E-state index is 9.40. The fourth-order valence-electron chi connectivity index (χ4n) is 3.41. The highest BCUT2D eigenvalue weighted by Crippen LogP contribution is 2.32. The molecular formula is C18H24N4O2. The number of aromatic nitrogens is 2. The summed E-state index contributed by atoms with van der Waals surface area (Å²) in [7, 11) is 0.